The van der Waals surface area contributed by atoms with E-state index in [0.717, 1.165) is 12.2 Å². The largest absolute Gasteiger partial charge is 0.385 e. The van der Waals surface area contributed by atoms with Crippen LogP contribution in [0.4, 0.5) is 5.69 Å². The summed E-state index contributed by atoms with van der Waals surface area (Å²) in [5.74, 6) is -0.503. The van der Waals surface area contributed by atoms with Crippen molar-refractivity contribution in [2.24, 2.45) is 0 Å². The Labute approximate surface area is 125 Å². The number of carbonyl (C=O) groups is 2. The van der Waals surface area contributed by atoms with Crippen LogP contribution in [0.2, 0.25) is 0 Å². The van der Waals surface area contributed by atoms with Crippen molar-refractivity contribution < 1.29 is 14.3 Å². The highest BCUT2D eigenvalue weighted by Gasteiger charge is 2.15. The number of nitrogens with one attached hydrogen (secondary N) is 3. The number of benzene rings is 1. The maximum Gasteiger partial charge on any atom is 0.251 e. The van der Waals surface area contributed by atoms with Crippen LogP contribution < -0.4 is 16.0 Å². The van der Waals surface area contributed by atoms with E-state index in [2.05, 4.69) is 16.0 Å². The summed E-state index contributed by atoms with van der Waals surface area (Å²) in [6, 6.07) is 6.53. The third kappa shape index (κ3) is 5.83. The fourth-order valence-corrected chi connectivity index (χ4v) is 1.72. The maximum absolute atomic E-state index is 12.0. The van der Waals surface area contributed by atoms with Gasteiger partial charge in [0.15, 0.2) is 0 Å². The van der Waals surface area contributed by atoms with E-state index in [1.54, 1.807) is 26.2 Å². The van der Waals surface area contributed by atoms with E-state index in [0.29, 0.717) is 18.7 Å². The Balaban J connectivity index is 2.49. The lowest BCUT2D eigenvalue weighted by Crippen LogP contribution is -2.45. The normalized spacial score (nSPS) is 11.6. The molecule has 0 aliphatic carbocycles. The average molecular weight is 293 g/mol. The minimum absolute atomic E-state index is 0.232. The molecule has 116 valence electrons. The van der Waals surface area contributed by atoms with E-state index in [-0.39, 0.29) is 11.8 Å². The second-order valence-corrected chi connectivity index (χ2v) is 4.59. The van der Waals surface area contributed by atoms with E-state index in [1.165, 1.54) is 0 Å². The van der Waals surface area contributed by atoms with Crippen LogP contribution in [-0.4, -0.2) is 44.7 Å². The second-order valence-electron chi connectivity index (χ2n) is 4.59. The van der Waals surface area contributed by atoms with Gasteiger partial charge in [-0.3, -0.25) is 9.59 Å². The van der Waals surface area contributed by atoms with Gasteiger partial charge in [-0.05, 0) is 38.1 Å². The first-order valence-electron chi connectivity index (χ1n) is 7.00. The van der Waals surface area contributed by atoms with Gasteiger partial charge in [0.25, 0.3) is 5.91 Å². The highest BCUT2D eigenvalue weighted by molar-refractivity contribution is 5.97. The molecule has 1 rings (SSSR count). The summed E-state index contributed by atoms with van der Waals surface area (Å²) in [5, 5.41) is 8.49. The van der Waals surface area contributed by atoms with E-state index >= 15 is 0 Å². The number of ether oxygens (including phenoxy) is 1. The Morgan fingerprint density at radius 2 is 1.90 bits per heavy atom. The van der Waals surface area contributed by atoms with Gasteiger partial charge in [-0.25, -0.2) is 0 Å². The lowest BCUT2D eigenvalue weighted by Gasteiger charge is -2.14. The maximum atomic E-state index is 12.0. The molecule has 0 spiro atoms. The Hall–Kier alpha value is -2.08. The van der Waals surface area contributed by atoms with Crippen LogP contribution >= 0.6 is 0 Å². The monoisotopic (exact) mass is 293 g/mol. The zero-order valence-corrected chi connectivity index (χ0v) is 12.7. The molecule has 1 unspecified atom stereocenters. The lowest BCUT2D eigenvalue weighted by molar-refractivity contribution is -0.122. The summed E-state index contributed by atoms with van der Waals surface area (Å²) < 4.78 is 4.85. The van der Waals surface area contributed by atoms with Crippen molar-refractivity contribution >= 4 is 17.5 Å². The molecule has 0 radical (unpaired) electrons. The molecule has 1 aromatic carbocycles. The van der Waals surface area contributed by atoms with Crippen molar-refractivity contribution in [2.75, 3.05) is 32.1 Å². The van der Waals surface area contributed by atoms with Crippen molar-refractivity contribution in [3.63, 3.8) is 0 Å². The van der Waals surface area contributed by atoms with Gasteiger partial charge in [0.05, 0.1) is 6.61 Å². The zero-order chi connectivity index (χ0) is 15.7. The molecule has 6 heteroatoms. The van der Waals surface area contributed by atoms with Gasteiger partial charge in [-0.1, -0.05) is 0 Å². The van der Waals surface area contributed by atoms with Gasteiger partial charge in [0.1, 0.15) is 6.04 Å². The molecule has 1 atom stereocenters. The number of hydrogen-bond donors (Lipinski definition) is 3. The third-order valence-electron chi connectivity index (χ3n) is 2.87. The average Bonchev–Trinajstić information content (AvgIpc) is 2.48. The highest BCUT2D eigenvalue weighted by atomic mass is 16.5. The van der Waals surface area contributed by atoms with E-state index < -0.39 is 6.04 Å². The minimum Gasteiger partial charge on any atom is -0.385 e. The third-order valence-corrected chi connectivity index (χ3v) is 2.87. The summed E-state index contributed by atoms with van der Waals surface area (Å²) in [6.07, 6.45) is 0. The number of carbonyl (C=O) groups excluding carboxylic acids is 2. The molecule has 0 saturated carbocycles. The molecule has 0 aliphatic rings. The molecule has 3 N–H and O–H groups in total. The van der Waals surface area contributed by atoms with Gasteiger partial charge < -0.3 is 20.7 Å². The van der Waals surface area contributed by atoms with Crippen LogP contribution in [0, 0.1) is 0 Å². The standard InChI is InChI=1S/C15H23N3O3/c1-4-16-13-7-5-12(6-8-13)15(20)18-11(2)14(19)17-9-10-21-3/h5-8,11,16H,4,9-10H2,1-3H3,(H,17,19)(H,18,20). The molecular formula is C15H23N3O3. The molecule has 0 saturated heterocycles. The quantitative estimate of drug-likeness (QED) is 0.625. The molecule has 0 aromatic heterocycles. The lowest BCUT2D eigenvalue weighted by atomic mass is 10.1. The summed E-state index contributed by atoms with van der Waals surface area (Å²) in [4.78, 5) is 23.8. The van der Waals surface area contributed by atoms with Crippen LogP contribution in [0.3, 0.4) is 0 Å². The molecule has 0 heterocycles. The van der Waals surface area contributed by atoms with E-state index in [9.17, 15) is 9.59 Å². The molecule has 6 nitrogen and oxygen atoms in total. The molecule has 0 aliphatic heterocycles. The Kier molecular flexibility index (Phi) is 7.25. The van der Waals surface area contributed by atoms with Crippen LogP contribution in [0.15, 0.2) is 24.3 Å². The molecule has 0 fully saturated rings. The van der Waals surface area contributed by atoms with Gasteiger partial charge in [-0.15, -0.1) is 0 Å². The Bertz CT molecular complexity index is 460. The number of amides is 2. The second kappa shape index (κ2) is 8.97. The smallest absolute Gasteiger partial charge is 0.251 e. The highest BCUT2D eigenvalue weighted by Crippen LogP contribution is 2.09. The van der Waals surface area contributed by atoms with Gasteiger partial charge in [-0.2, -0.15) is 0 Å². The van der Waals surface area contributed by atoms with E-state index in [1.807, 2.05) is 19.1 Å². The summed E-state index contributed by atoms with van der Waals surface area (Å²) in [6.45, 7) is 5.34. The molecule has 0 bridgehead atoms. The van der Waals surface area contributed by atoms with Gasteiger partial charge >= 0.3 is 0 Å². The van der Waals surface area contributed by atoms with Gasteiger partial charge in [0, 0.05) is 31.5 Å². The SMILES string of the molecule is CCNc1ccc(C(=O)NC(C)C(=O)NCCOC)cc1. The zero-order valence-electron chi connectivity index (χ0n) is 12.7. The van der Waals surface area contributed by atoms with Crippen LogP contribution in [-0.2, 0) is 9.53 Å². The van der Waals surface area contributed by atoms with Crippen LogP contribution in [0.25, 0.3) is 0 Å². The summed E-state index contributed by atoms with van der Waals surface area (Å²) in [7, 11) is 1.56. The first-order chi connectivity index (χ1) is 10.1. The van der Waals surface area contributed by atoms with Crippen molar-refractivity contribution in [3.05, 3.63) is 29.8 Å². The fraction of sp³-hybridized carbons (Fsp3) is 0.467. The van der Waals surface area contributed by atoms with Gasteiger partial charge in [0.2, 0.25) is 5.91 Å². The van der Waals surface area contributed by atoms with Crippen molar-refractivity contribution in [3.8, 4) is 0 Å². The molecule has 21 heavy (non-hydrogen) atoms. The van der Waals surface area contributed by atoms with Crippen LogP contribution in [0.5, 0.6) is 0 Å². The topological polar surface area (TPSA) is 79.5 Å². The minimum atomic E-state index is -0.595. The Morgan fingerprint density at radius 1 is 1.24 bits per heavy atom. The number of rotatable bonds is 8. The van der Waals surface area contributed by atoms with Crippen molar-refractivity contribution in [1.82, 2.24) is 10.6 Å². The first-order valence-corrected chi connectivity index (χ1v) is 7.00. The predicted molar refractivity (Wildman–Crippen MR) is 82.4 cm³/mol. The molecular weight excluding hydrogens is 270 g/mol. The van der Waals surface area contributed by atoms with Crippen molar-refractivity contribution in [2.45, 2.75) is 19.9 Å². The van der Waals surface area contributed by atoms with Crippen molar-refractivity contribution in [1.29, 1.82) is 0 Å². The Morgan fingerprint density at radius 3 is 2.48 bits per heavy atom. The van der Waals surface area contributed by atoms with Crippen LogP contribution in [0.1, 0.15) is 24.2 Å². The summed E-state index contributed by atoms with van der Waals surface area (Å²) in [5.41, 5.74) is 1.48. The number of methoxy groups -OCH3 is 1. The molecule has 1 aromatic rings. The number of hydrogen-bond acceptors (Lipinski definition) is 4. The fourth-order valence-electron chi connectivity index (χ4n) is 1.72. The number of anilines is 1. The first kappa shape index (κ1) is 17.0. The molecule has 2 amide bonds. The van der Waals surface area contributed by atoms with E-state index in [4.69, 9.17) is 4.74 Å². The predicted octanol–water partition coefficient (Wildman–Crippen LogP) is 0.999. The summed E-state index contributed by atoms with van der Waals surface area (Å²) >= 11 is 0.